The SMILES string of the molecule is COc1ccccc1CC(CNC(=O)CSc1ccccc1)C(=O)O. The van der Waals surface area contributed by atoms with E-state index in [-0.39, 0.29) is 18.2 Å². The first-order chi connectivity index (χ1) is 12.1. The number of amides is 1. The molecule has 0 heterocycles. The van der Waals surface area contributed by atoms with Gasteiger partial charge in [-0.1, -0.05) is 36.4 Å². The summed E-state index contributed by atoms with van der Waals surface area (Å²) in [4.78, 5) is 24.5. The summed E-state index contributed by atoms with van der Waals surface area (Å²) in [5.41, 5.74) is 0.810. The summed E-state index contributed by atoms with van der Waals surface area (Å²) in [6.07, 6.45) is 0.297. The number of carbonyl (C=O) groups is 2. The van der Waals surface area contributed by atoms with Crippen molar-refractivity contribution in [2.75, 3.05) is 19.4 Å². The van der Waals surface area contributed by atoms with Crippen molar-refractivity contribution < 1.29 is 19.4 Å². The fraction of sp³-hybridized carbons (Fsp3) is 0.263. The molecular weight excluding hydrogens is 338 g/mol. The minimum Gasteiger partial charge on any atom is -0.496 e. The first-order valence-electron chi connectivity index (χ1n) is 7.89. The molecule has 0 aromatic heterocycles. The fourth-order valence-electron chi connectivity index (χ4n) is 2.34. The number of carboxylic acids is 1. The van der Waals surface area contributed by atoms with E-state index in [9.17, 15) is 14.7 Å². The Labute approximate surface area is 151 Å². The minimum absolute atomic E-state index is 0.0849. The number of benzene rings is 2. The van der Waals surface area contributed by atoms with Gasteiger partial charge in [0.1, 0.15) is 5.75 Å². The molecule has 6 heteroatoms. The zero-order valence-corrected chi connectivity index (χ0v) is 14.8. The summed E-state index contributed by atoms with van der Waals surface area (Å²) in [5, 5.41) is 12.1. The van der Waals surface area contributed by atoms with Gasteiger partial charge in [0.25, 0.3) is 0 Å². The fourth-order valence-corrected chi connectivity index (χ4v) is 3.09. The number of thioether (sulfide) groups is 1. The zero-order chi connectivity index (χ0) is 18.1. The van der Waals surface area contributed by atoms with Crippen LogP contribution in [-0.2, 0) is 16.0 Å². The van der Waals surface area contributed by atoms with Crippen molar-refractivity contribution in [1.82, 2.24) is 5.32 Å². The largest absolute Gasteiger partial charge is 0.496 e. The number of hydrogen-bond acceptors (Lipinski definition) is 4. The Morgan fingerprint density at radius 2 is 1.80 bits per heavy atom. The van der Waals surface area contributed by atoms with Gasteiger partial charge in [0, 0.05) is 11.4 Å². The van der Waals surface area contributed by atoms with Gasteiger partial charge < -0.3 is 15.2 Å². The number of aliphatic carboxylic acids is 1. The van der Waals surface area contributed by atoms with Crippen molar-refractivity contribution in [2.45, 2.75) is 11.3 Å². The summed E-state index contributed by atoms with van der Waals surface area (Å²) in [5.74, 6) is -0.922. The van der Waals surface area contributed by atoms with Crippen molar-refractivity contribution in [2.24, 2.45) is 5.92 Å². The van der Waals surface area contributed by atoms with Crippen LogP contribution in [0.4, 0.5) is 0 Å². The number of carbonyl (C=O) groups excluding carboxylic acids is 1. The van der Waals surface area contributed by atoms with Gasteiger partial charge in [-0.25, -0.2) is 0 Å². The van der Waals surface area contributed by atoms with E-state index in [2.05, 4.69) is 5.32 Å². The lowest BCUT2D eigenvalue weighted by molar-refractivity contribution is -0.141. The third-order valence-corrected chi connectivity index (χ3v) is 4.68. The summed E-state index contributed by atoms with van der Waals surface area (Å²) >= 11 is 1.42. The molecule has 0 saturated carbocycles. The van der Waals surface area contributed by atoms with Gasteiger partial charge >= 0.3 is 5.97 Å². The van der Waals surface area contributed by atoms with E-state index in [1.165, 1.54) is 11.8 Å². The molecule has 1 amide bonds. The monoisotopic (exact) mass is 359 g/mol. The van der Waals surface area contributed by atoms with Crippen LogP contribution in [0, 0.1) is 5.92 Å². The Kier molecular flexibility index (Phi) is 7.35. The van der Waals surface area contributed by atoms with Crippen LogP contribution in [0.1, 0.15) is 5.56 Å². The van der Waals surface area contributed by atoms with E-state index in [4.69, 9.17) is 4.74 Å². The van der Waals surface area contributed by atoms with Crippen LogP contribution in [0.2, 0.25) is 0 Å². The third-order valence-electron chi connectivity index (χ3n) is 3.67. The molecule has 0 aliphatic carbocycles. The number of carboxylic acid groups (broad SMARTS) is 1. The smallest absolute Gasteiger partial charge is 0.308 e. The lowest BCUT2D eigenvalue weighted by atomic mass is 9.98. The molecule has 2 rings (SSSR count). The minimum atomic E-state index is -0.943. The van der Waals surface area contributed by atoms with Gasteiger partial charge in [-0.15, -0.1) is 11.8 Å². The molecule has 0 aliphatic rings. The van der Waals surface area contributed by atoms with Gasteiger partial charge in [-0.05, 0) is 30.2 Å². The number of ether oxygens (including phenoxy) is 1. The van der Waals surface area contributed by atoms with E-state index in [1.807, 2.05) is 48.5 Å². The maximum atomic E-state index is 12.0. The van der Waals surface area contributed by atoms with Crippen LogP contribution < -0.4 is 10.1 Å². The van der Waals surface area contributed by atoms with Crippen molar-refractivity contribution in [3.63, 3.8) is 0 Å². The number of nitrogens with one attached hydrogen (secondary N) is 1. The molecule has 2 aromatic rings. The Hall–Kier alpha value is -2.47. The van der Waals surface area contributed by atoms with E-state index < -0.39 is 11.9 Å². The highest BCUT2D eigenvalue weighted by Gasteiger charge is 2.20. The molecule has 0 aliphatic heterocycles. The molecular formula is C19H21NO4S. The Morgan fingerprint density at radius 3 is 2.48 bits per heavy atom. The number of methoxy groups -OCH3 is 1. The quantitative estimate of drug-likeness (QED) is 0.674. The maximum Gasteiger partial charge on any atom is 0.308 e. The van der Waals surface area contributed by atoms with Crippen molar-refractivity contribution in [3.05, 3.63) is 60.2 Å². The second-order valence-electron chi connectivity index (χ2n) is 5.46. The van der Waals surface area contributed by atoms with E-state index in [0.29, 0.717) is 12.2 Å². The third kappa shape index (κ3) is 6.15. The molecule has 0 bridgehead atoms. The molecule has 0 radical (unpaired) electrons. The molecule has 132 valence electrons. The summed E-state index contributed by atoms with van der Waals surface area (Å²) in [7, 11) is 1.55. The molecule has 2 aromatic carbocycles. The normalized spacial score (nSPS) is 11.6. The second kappa shape index (κ2) is 9.74. The Bertz CT molecular complexity index is 706. The molecule has 0 saturated heterocycles. The average molecular weight is 359 g/mol. The van der Waals surface area contributed by atoms with E-state index >= 15 is 0 Å². The van der Waals surface area contributed by atoms with Crippen molar-refractivity contribution >= 4 is 23.6 Å². The van der Waals surface area contributed by atoms with Gasteiger partial charge in [-0.3, -0.25) is 9.59 Å². The van der Waals surface area contributed by atoms with Crippen molar-refractivity contribution in [3.8, 4) is 5.75 Å². The van der Waals surface area contributed by atoms with Crippen LogP contribution in [0.3, 0.4) is 0 Å². The lowest BCUT2D eigenvalue weighted by Gasteiger charge is -2.15. The molecule has 2 N–H and O–H groups in total. The van der Waals surface area contributed by atoms with Gasteiger partial charge in [0.15, 0.2) is 0 Å². The second-order valence-corrected chi connectivity index (χ2v) is 6.51. The number of rotatable bonds is 9. The highest BCUT2D eigenvalue weighted by molar-refractivity contribution is 8.00. The van der Waals surface area contributed by atoms with E-state index in [1.54, 1.807) is 13.2 Å². The average Bonchev–Trinajstić information content (AvgIpc) is 2.64. The molecule has 0 fully saturated rings. The zero-order valence-electron chi connectivity index (χ0n) is 14.0. The highest BCUT2D eigenvalue weighted by Crippen LogP contribution is 2.21. The maximum absolute atomic E-state index is 12.0. The van der Waals surface area contributed by atoms with Crippen LogP contribution in [-0.4, -0.2) is 36.4 Å². The summed E-state index contributed by atoms with van der Waals surface area (Å²) < 4.78 is 5.26. The van der Waals surface area contributed by atoms with Crippen LogP contribution in [0.5, 0.6) is 5.75 Å². The number of para-hydroxylation sites is 1. The van der Waals surface area contributed by atoms with Gasteiger partial charge in [0.2, 0.25) is 5.91 Å². The predicted octanol–water partition coefficient (Wildman–Crippen LogP) is 2.85. The van der Waals surface area contributed by atoms with Crippen molar-refractivity contribution in [1.29, 1.82) is 0 Å². The van der Waals surface area contributed by atoms with E-state index in [0.717, 1.165) is 10.5 Å². The lowest BCUT2D eigenvalue weighted by Crippen LogP contribution is -2.35. The first-order valence-corrected chi connectivity index (χ1v) is 8.88. The predicted molar refractivity (Wildman–Crippen MR) is 98.0 cm³/mol. The van der Waals surface area contributed by atoms with Crippen LogP contribution in [0.15, 0.2) is 59.5 Å². The first kappa shape index (κ1) is 18.9. The highest BCUT2D eigenvalue weighted by atomic mass is 32.2. The topological polar surface area (TPSA) is 75.6 Å². The van der Waals surface area contributed by atoms with Gasteiger partial charge in [-0.2, -0.15) is 0 Å². The molecule has 1 atom stereocenters. The molecule has 5 nitrogen and oxygen atoms in total. The molecule has 0 spiro atoms. The summed E-state index contributed by atoms with van der Waals surface area (Å²) in [6.45, 7) is 0.0849. The summed E-state index contributed by atoms with van der Waals surface area (Å²) in [6, 6.07) is 16.9. The molecule has 25 heavy (non-hydrogen) atoms. The Balaban J connectivity index is 1.86. The van der Waals surface area contributed by atoms with Gasteiger partial charge in [0.05, 0.1) is 18.8 Å². The number of hydrogen-bond donors (Lipinski definition) is 2. The van der Waals surface area contributed by atoms with Crippen LogP contribution >= 0.6 is 11.8 Å². The molecule has 1 unspecified atom stereocenters. The Morgan fingerprint density at radius 1 is 1.12 bits per heavy atom. The van der Waals surface area contributed by atoms with Crippen LogP contribution in [0.25, 0.3) is 0 Å². The standard InChI is InChI=1S/C19H21NO4S/c1-24-17-10-6-5-7-14(17)11-15(19(22)23)12-20-18(21)13-25-16-8-3-2-4-9-16/h2-10,15H,11-13H2,1H3,(H,20,21)(H,22,23).